The van der Waals surface area contributed by atoms with Crippen molar-refractivity contribution in [2.24, 2.45) is 5.92 Å². The van der Waals surface area contributed by atoms with E-state index in [9.17, 15) is 27.6 Å². The molecule has 0 heterocycles. The minimum Gasteiger partial charge on any atom is -0.343 e. The van der Waals surface area contributed by atoms with Gasteiger partial charge in [-0.05, 0) is 49.2 Å². The van der Waals surface area contributed by atoms with Crippen molar-refractivity contribution in [3.8, 4) is 0 Å². The molecular weight excluding hydrogens is 375 g/mol. The molecule has 3 rings (SSSR count). The lowest BCUT2D eigenvalue weighted by Gasteiger charge is -2.09. The fourth-order valence-corrected chi connectivity index (χ4v) is 2.37. The van der Waals surface area contributed by atoms with Crippen LogP contribution in [0.15, 0.2) is 36.4 Å². The molecular formula is C19H16F3N3O3. The Labute approximate surface area is 158 Å². The van der Waals surface area contributed by atoms with Crippen LogP contribution in [0.4, 0.5) is 24.5 Å². The SMILES string of the molecule is O=C(CNC(=O)c1ccc(NC(=O)C2CC2)cc1)Nc1ccc(F)c(F)c1F. The Morgan fingerprint density at radius 2 is 1.57 bits per heavy atom. The minimum absolute atomic E-state index is 0.0564. The van der Waals surface area contributed by atoms with Gasteiger partial charge >= 0.3 is 0 Å². The number of hydrogen-bond donors (Lipinski definition) is 3. The second-order valence-electron chi connectivity index (χ2n) is 6.29. The van der Waals surface area contributed by atoms with Crippen molar-refractivity contribution in [2.45, 2.75) is 12.8 Å². The monoisotopic (exact) mass is 391 g/mol. The summed E-state index contributed by atoms with van der Waals surface area (Å²) < 4.78 is 39.5. The van der Waals surface area contributed by atoms with Gasteiger partial charge in [0.1, 0.15) is 0 Å². The van der Waals surface area contributed by atoms with Crippen LogP contribution in [0.25, 0.3) is 0 Å². The number of amides is 3. The lowest BCUT2D eigenvalue weighted by atomic mass is 10.2. The smallest absolute Gasteiger partial charge is 0.251 e. The molecule has 0 bridgehead atoms. The maximum absolute atomic E-state index is 13.5. The number of anilines is 2. The third-order valence-corrected chi connectivity index (χ3v) is 4.08. The second kappa shape index (κ2) is 8.12. The van der Waals surface area contributed by atoms with Crippen LogP contribution in [0, 0.1) is 23.4 Å². The van der Waals surface area contributed by atoms with Crippen LogP contribution in [0.5, 0.6) is 0 Å². The van der Waals surface area contributed by atoms with Crippen LogP contribution < -0.4 is 16.0 Å². The largest absolute Gasteiger partial charge is 0.343 e. The van der Waals surface area contributed by atoms with Crippen molar-refractivity contribution in [1.29, 1.82) is 0 Å². The maximum atomic E-state index is 13.5. The zero-order chi connectivity index (χ0) is 20.3. The number of benzene rings is 2. The van der Waals surface area contributed by atoms with E-state index in [-0.39, 0.29) is 17.4 Å². The first-order valence-corrected chi connectivity index (χ1v) is 8.47. The number of carbonyl (C=O) groups excluding carboxylic acids is 3. The number of halogens is 3. The summed E-state index contributed by atoms with van der Waals surface area (Å²) in [6.07, 6.45) is 1.76. The van der Waals surface area contributed by atoms with Crippen molar-refractivity contribution < 1.29 is 27.6 Å². The molecule has 9 heteroatoms. The van der Waals surface area contributed by atoms with E-state index in [1.165, 1.54) is 12.1 Å². The molecule has 0 spiro atoms. The third-order valence-electron chi connectivity index (χ3n) is 4.08. The van der Waals surface area contributed by atoms with Gasteiger partial charge in [-0.15, -0.1) is 0 Å². The fraction of sp³-hybridized carbons (Fsp3) is 0.211. The first kappa shape index (κ1) is 19.4. The Kier molecular flexibility index (Phi) is 5.62. The number of rotatable bonds is 6. The van der Waals surface area contributed by atoms with Gasteiger partial charge in [0.25, 0.3) is 5.91 Å². The zero-order valence-electron chi connectivity index (χ0n) is 14.5. The molecule has 1 saturated carbocycles. The second-order valence-corrected chi connectivity index (χ2v) is 6.29. The Morgan fingerprint density at radius 3 is 2.21 bits per heavy atom. The molecule has 0 atom stereocenters. The highest BCUT2D eigenvalue weighted by Crippen LogP contribution is 2.30. The van der Waals surface area contributed by atoms with Crippen LogP contribution in [-0.4, -0.2) is 24.3 Å². The summed E-state index contributed by atoms with van der Waals surface area (Å²) in [6, 6.07) is 7.63. The molecule has 0 radical (unpaired) electrons. The third kappa shape index (κ3) is 4.67. The molecule has 0 unspecified atom stereocenters. The summed E-state index contributed by atoms with van der Waals surface area (Å²) >= 11 is 0. The van der Waals surface area contributed by atoms with Crippen molar-refractivity contribution in [1.82, 2.24) is 5.32 Å². The van der Waals surface area contributed by atoms with E-state index in [1.54, 1.807) is 12.1 Å². The molecule has 2 aromatic rings. The summed E-state index contributed by atoms with van der Waals surface area (Å²) in [5, 5.41) is 7.11. The number of carbonyl (C=O) groups is 3. The van der Waals surface area contributed by atoms with Gasteiger partial charge in [0.15, 0.2) is 17.5 Å². The lowest BCUT2D eigenvalue weighted by Crippen LogP contribution is -2.33. The highest BCUT2D eigenvalue weighted by Gasteiger charge is 2.29. The molecule has 0 saturated heterocycles. The maximum Gasteiger partial charge on any atom is 0.251 e. The minimum atomic E-state index is -1.70. The van der Waals surface area contributed by atoms with Crippen molar-refractivity contribution in [3.05, 3.63) is 59.4 Å². The normalized spacial score (nSPS) is 13.0. The Hall–Kier alpha value is -3.36. The van der Waals surface area contributed by atoms with Gasteiger partial charge in [-0.3, -0.25) is 14.4 Å². The topological polar surface area (TPSA) is 87.3 Å². The van der Waals surface area contributed by atoms with Crippen LogP contribution >= 0.6 is 0 Å². The van der Waals surface area contributed by atoms with Gasteiger partial charge in [0, 0.05) is 17.2 Å². The highest BCUT2D eigenvalue weighted by molar-refractivity contribution is 6.00. The Bertz CT molecular complexity index is 928. The first-order chi connectivity index (χ1) is 13.3. The molecule has 28 heavy (non-hydrogen) atoms. The van der Waals surface area contributed by atoms with E-state index >= 15 is 0 Å². The van der Waals surface area contributed by atoms with Crippen LogP contribution in [0.1, 0.15) is 23.2 Å². The molecule has 146 valence electrons. The molecule has 1 aliphatic carbocycles. The van der Waals surface area contributed by atoms with E-state index in [1.807, 2.05) is 5.32 Å². The molecule has 0 aromatic heterocycles. The van der Waals surface area contributed by atoms with Crippen molar-refractivity contribution >= 4 is 29.1 Å². The van der Waals surface area contributed by atoms with E-state index in [0.717, 1.165) is 18.9 Å². The van der Waals surface area contributed by atoms with E-state index in [4.69, 9.17) is 0 Å². The van der Waals surface area contributed by atoms with Crippen LogP contribution in [-0.2, 0) is 9.59 Å². The van der Waals surface area contributed by atoms with Crippen molar-refractivity contribution in [2.75, 3.05) is 17.2 Å². The molecule has 3 N–H and O–H groups in total. The van der Waals surface area contributed by atoms with Gasteiger partial charge in [0.05, 0.1) is 12.2 Å². The predicted molar refractivity (Wildman–Crippen MR) is 95.1 cm³/mol. The van der Waals surface area contributed by atoms with E-state index in [0.29, 0.717) is 11.8 Å². The Balaban J connectivity index is 1.51. The number of nitrogens with one attached hydrogen (secondary N) is 3. The molecule has 0 aliphatic heterocycles. The zero-order valence-corrected chi connectivity index (χ0v) is 14.5. The summed E-state index contributed by atoms with van der Waals surface area (Å²) in [4.78, 5) is 35.5. The van der Waals surface area contributed by atoms with Crippen molar-refractivity contribution in [3.63, 3.8) is 0 Å². The highest BCUT2D eigenvalue weighted by atomic mass is 19.2. The van der Waals surface area contributed by atoms with Gasteiger partial charge < -0.3 is 16.0 Å². The van der Waals surface area contributed by atoms with Crippen LogP contribution in [0.3, 0.4) is 0 Å². The Morgan fingerprint density at radius 1 is 0.893 bits per heavy atom. The lowest BCUT2D eigenvalue weighted by molar-refractivity contribution is -0.117. The van der Waals surface area contributed by atoms with E-state index in [2.05, 4.69) is 10.6 Å². The van der Waals surface area contributed by atoms with Gasteiger partial charge in [-0.1, -0.05) is 0 Å². The summed E-state index contributed by atoms with van der Waals surface area (Å²) in [5.41, 5.74) is 0.269. The van der Waals surface area contributed by atoms with Gasteiger partial charge in [0.2, 0.25) is 11.8 Å². The van der Waals surface area contributed by atoms with Gasteiger partial charge in [-0.2, -0.15) is 0 Å². The molecule has 1 fully saturated rings. The quantitative estimate of drug-likeness (QED) is 0.662. The average molecular weight is 391 g/mol. The standard InChI is InChI=1S/C19H16F3N3O3/c20-13-7-8-14(17(22)16(13)21)25-15(26)9-23-18(27)10-3-5-12(6-4-10)24-19(28)11-1-2-11/h3-8,11H,1-2,9H2,(H,23,27)(H,24,28)(H,25,26). The molecule has 3 amide bonds. The molecule has 2 aromatic carbocycles. The van der Waals surface area contributed by atoms with Crippen LogP contribution in [0.2, 0.25) is 0 Å². The number of hydrogen-bond acceptors (Lipinski definition) is 3. The van der Waals surface area contributed by atoms with Gasteiger partial charge in [-0.25, -0.2) is 13.2 Å². The fourth-order valence-electron chi connectivity index (χ4n) is 2.37. The summed E-state index contributed by atoms with van der Waals surface area (Å²) in [5.74, 6) is -5.98. The summed E-state index contributed by atoms with van der Waals surface area (Å²) in [7, 11) is 0. The first-order valence-electron chi connectivity index (χ1n) is 8.47. The molecule has 1 aliphatic rings. The predicted octanol–water partition coefficient (Wildman–Crippen LogP) is 2.82. The average Bonchev–Trinajstić information content (AvgIpc) is 3.52. The van der Waals surface area contributed by atoms with E-state index < -0.39 is 41.5 Å². The summed E-state index contributed by atoms with van der Waals surface area (Å²) in [6.45, 7) is -0.503. The molecule has 6 nitrogen and oxygen atoms in total.